The monoisotopic (exact) mass is 1090 g/mol. The van der Waals surface area contributed by atoms with E-state index in [4.69, 9.17) is 51.6 Å². The van der Waals surface area contributed by atoms with Gasteiger partial charge in [0.25, 0.3) is 0 Å². The average Bonchev–Trinajstić information content (AvgIpc) is 4.26. The highest BCUT2D eigenvalue weighted by Gasteiger charge is 2.59. The van der Waals surface area contributed by atoms with Crippen LogP contribution in [0.2, 0.25) is 10.0 Å². The highest BCUT2D eigenvalue weighted by molar-refractivity contribution is 6.31. The SMILES string of the molecule is C.C.CC[C@H]1OC(OC)(c2ccc(Cl)c(Cc3ccc(C4CCC5(CC5)C4)cc3)c2)[C@H](OC(C)=O)[C@@H](OC(C)=O)[C@@H]1C.COC1(c2ccc(Cl)c(Cc3ccc(C4CCC5(CC5)C4)cc3)c2)O[C@H](CO)[C@@H](O)[C@H](O)[C@H]1O. The Morgan fingerprint density at radius 2 is 1.08 bits per heavy atom. The molecule has 4 aromatic rings. The van der Waals surface area contributed by atoms with Crippen LogP contribution >= 0.6 is 23.2 Å². The Labute approximate surface area is 460 Å². The van der Waals surface area contributed by atoms with Gasteiger partial charge < -0.3 is 48.8 Å². The van der Waals surface area contributed by atoms with E-state index in [1.165, 1.54) is 103 Å². The van der Waals surface area contributed by atoms with E-state index in [1.54, 1.807) is 18.2 Å². The first-order valence-electron chi connectivity index (χ1n) is 26.6. The number of rotatable bonds is 14. The number of carbonyl (C=O) groups excluding carboxylic acids is 2. The van der Waals surface area contributed by atoms with Crippen LogP contribution in [0.3, 0.4) is 0 Å². The molecule has 12 atom stereocenters. The third-order valence-corrected chi connectivity index (χ3v) is 18.3. The number of esters is 2. The third-order valence-electron chi connectivity index (χ3n) is 17.6. The van der Waals surface area contributed by atoms with E-state index in [1.807, 2.05) is 32.0 Å². The third kappa shape index (κ3) is 12.1. The second kappa shape index (κ2) is 24.2. The molecule has 12 nitrogen and oxygen atoms in total. The van der Waals surface area contributed by atoms with Crippen molar-refractivity contribution in [2.45, 2.75) is 192 Å². The molecule has 4 aliphatic carbocycles. The van der Waals surface area contributed by atoms with E-state index >= 15 is 0 Å². The number of aliphatic hydroxyl groups is 4. The molecule has 2 saturated heterocycles. The Hall–Kier alpha value is -3.92. The zero-order chi connectivity index (χ0) is 52.7. The van der Waals surface area contributed by atoms with Gasteiger partial charge in [0.2, 0.25) is 11.6 Å². The molecule has 4 unspecified atom stereocenters. The van der Waals surface area contributed by atoms with E-state index < -0.39 is 66.7 Å². The standard InChI is InChI=1S/C33H41ClO6.C27H33ClO6.2CH4/c1-6-29-20(2)30(38-21(3)35)31(39-22(4)36)33(37-5,40-29)27-11-12-28(34)26(18-27)17-23-7-9-24(10-8-23)25-13-14-32(19-25)15-16-32;1-33-27(25(32)24(31)23(30)22(15-29)34-27)20-6-7-21(28)19(13-20)12-16-2-4-17(5-3-16)18-8-9-26(14-18)10-11-26;;/h7-12,18,20,25,29-31H,6,13-17,19H2,1-5H3;2-7,13,18,22-25,29-32H,8-12,14-15H2,1H3;2*1H4/t20-,25?,29-,30+,31-,33?;18?,22-,23-,24+,25-,27?;;/m11../s1. The Morgan fingerprint density at radius 3 is 1.47 bits per heavy atom. The van der Waals surface area contributed by atoms with Crippen LogP contribution in [0.1, 0.15) is 170 Å². The topological polar surface area (TPSA) is 170 Å². The molecule has 6 aliphatic rings. The molecule has 2 spiro atoms. The number of methoxy groups -OCH3 is 2. The second-order valence-electron chi connectivity index (χ2n) is 22.4. The van der Waals surface area contributed by atoms with Gasteiger partial charge in [-0.2, -0.15) is 0 Å². The minimum Gasteiger partial charge on any atom is -0.458 e. The number of carbonyl (C=O) groups is 2. The fourth-order valence-electron chi connectivity index (χ4n) is 12.8. The van der Waals surface area contributed by atoms with Crippen molar-refractivity contribution < 1.29 is 58.4 Å². The smallest absolute Gasteiger partial charge is 0.303 e. The van der Waals surface area contributed by atoms with Gasteiger partial charge in [-0.05, 0) is 164 Å². The van der Waals surface area contributed by atoms with Crippen LogP contribution in [0.15, 0.2) is 84.9 Å². The zero-order valence-corrected chi connectivity index (χ0v) is 45.1. The lowest BCUT2D eigenvalue weighted by atomic mass is 9.81. The van der Waals surface area contributed by atoms with Gasteiger partial charge in [0.05, 0.1) is 12.7 Å². The second-order valence-corrected chi connectivity index (χ2v) is 23.2. The first-order chi connectivity index (χ1) is 35.4. The number of aliphatic hydroxyl groups excluding tert-OH is 4. The lowest BCUT2D eigenvalue weighted by molar-refractivity contribution is -0.366. The fourth-order valence-corrected chi connectivity index (χ4v) is 13.1. The van der Waals surface area contributed by atoms with E-state index in [0.29, 0.717) is 63.1 Å². The summed E-state index contributed by atoms with van der Waals surface area (Å²) in [5.74, 6) is -3.09. The van der Waals surface area contributed by atoms with Crippen molar-refractivity contribution in [1.82, 2.24) is 0 Å². The summed E-state index contributed by atoms with van der Waals surface area (Å²) >= 11 is 13.2. The number of ether oxygens (including phenoxy) is 6. The maximum Gasteiger partial charge on any atom is 0.303 e. The minimum atomic E-state index is -1.75. The Kier molecular flexibility index (Phi) is 19.0. The summed E-state index contributed by atoms with van der Waals surface area (Å²) < 4.78 is 35.6. The molecule has 416 valence electrons. The van der Waals surface area contributed by atoms with E-state index in [2.05, 4.69) is 48.5 Å². The highest BCUT2D eigenvalue weighted by atomic mass is 35.5. The van der Waals surface area contributed by atoms with E-state index in [0.717, 1.165) is 22.3 Å². The predicted octanol–water partition coefficient (Wildman–Crippen LogP) is 11.6. The van der Waals surface area contributed by atoms with Crippen molar-refractivity contribution >= 4 is 35.1 Å². The van der Waals surface area contributed by atoms with Crippen molar-refractivity contribution in [3.8, 4) is 0 Å². The maximum absolute atomic E-state index is 12.3. The van der Waals surface area contributed by atoms with E-state index in [9.17, 15) is 30.0 Å². The Balaban J connectivity index is 0.000000218. The van der Waals surface area contributed by atoms with Crippen LogP contribution in [-0.4, -0.2) is 95.9 Å². The normalized spacial score (nSPS) is 31.6. The predicted molar refractivity (Wildman–Crippen MR) is 294 cm³/mol. The van der Waals surface area contributed by atoms with Crippen molar-refractivity contribution in [3.63, 3.8) is 0 Å². The van der Waals surface area contributed by atoms with Crippen LogP contribution in [0.25, 0.3) is 0 Å². The molecule has 4 saturated carbocycles. The summed E-state index contributed by atoms with van der Waals surface area (Å²) in [5.41, 5.74) is 9.24. The van der Waals surface area contributed by atoms with Gasteiger partial charge in [-0.1, -0.05) is 113 Å². The number of halogens is 2. The fraction of sp³-hybridized carbons (Fsp3) is 0.581. The van der Waals surface area contributed by atoms with Gasteiger partial charge in [0.15, 0.2) is 6.10 Å². The summed E-state index contributed by atoms with van der Waals surface area (Å²) in [4.78, 5) is 24.4. The molecule has 4 N–H and O–H groups in total. The van der Waals surface area contributed by atoms with Crippen LogP contribution < -0.4 is 0 Å². The van der Waals surface area contributed by atoms with Gasteiger partial charge in [0.1, 0.15) is 30.5 Å². The first-order valence-corrected chi connectivity index (χ1v) is 27.4. The summed E-state index contributed by atoms with van der Waals surface area (Å²) in [6.07, 6.45) is 7.68. The number of benzene rings is 4. The van der Waals surface area contributed by atoms with Gasteiger partial charge in [0, 0.05) is 55.2 Å². The molecule has 0 bridgehead atoms. The molecule has 4 aromatic carbocycles. The highest BCUT2D eigenvalue weighted by Crippen LogP contribution is 2.63. The Bertz CT molecular complexity index is 2620. The molecule has 76 heavy (non-hydrogen) atoms. The molecule has 6 fully saturated rings. The van der Waals surface area contributed by atoms with Crippen LogP contribution in [0, 0.1) is 16.7 Å². The summed E-state index contributed by atoms with van der Waals surface area (Å²) in [6, 6.07) is 28.5. The Morgan fingerprint density at radius 1 is 0.632 bits per heavy atom. The van der Waals surface area contributed by atoms with E-state index in [-0.39, 0.29) is 26.9 Å². The van der Waals surface area contributed by atoms with Crippen LogP contribution in [-0.2, 0) is 62.4 Å². The van der Waals surface area contributed by atoms with Gasteiger partial charge in [-0.15, -0.1) is 0 Å². The van der Waals surface area contributed by atoms with Crippen molar-refractivity contribution in [3.05, 3.63) is 139 Å². The average molecular weight is 1090 g/mol. The molecule has 0 amide bonds. The van der Waals surface area contributed by atoms with Gasteiger partial charge in [-0.25, -0.2) is 0 Å². The molecular formula is C62H82Cl2O12. The summed E-state index contributed by atoms with van der Waals surface area (Å²) in [5, 5.41) is 42.1. The van der Waals surface area contributed by atoms with Gasteiger partial charge in [-0.3, -0.25) is 9.59 Å². The zero-order valence-electron chi connectivity index (χ0n) is 43.6. The first kappa shape index (κ1) is 59.7. The number of hydrogen-bond acceptors (Lipinski definition) is 12. The van der Waals surface area contributed by atoms with Gasteiger partial charge >= 0.3 is 11.9 Å². The lowest BCUT2D eigenvalue weighted by Gasteiger charge is -2.50. The molecule has 14 heteroatoms. The van der Waals surface area contributed by atoms with Crippen LogP contribution in [0.5, 0.6) is 0 Å². The molecule has 0 aromatic heterocycles. The summed E-state index contributed by atoms with van der Waals surface area (Å²) in [6.45, 7) is 6.08. The van der Waals surface area contributed by atoms with Crippen molar-refractivity contribution in [2.75, 3.05) is 20.8 Å². The summed E-state index contributed by atoms with van der Waals surface area (Å²) in [7, 11) is 2.87. The molecule has 2 heterocycles. The maximum atomic E-state index is 12.3. The minimum absolute atomic E-state index is 0. The molecule has 2 aliphatic heterocycles. The lowest BCUT2D eigenvalue weighted by Crippen LogP contribution is -2.64. The molecular weight excluding hydrogens is 1010 g/mol. The quantitative estimate of drug-likeness (QED) is 0.0883. The molecule has 10 rings (SSSR count). The number of hydrogen-bond donors (Lipinski definition) is 4. The molecule has 0 radical (unpaired) electrons. The largest absolute Gasteiger partial charge is 0.458 e. The van der Waals surface area contributed by atoms with Crippen LogP contribution in [0.4, 0.5) is 0 Å². The van der Waals surface area contributed by atoms with Crippen molar-refractivity contribution in [1.29, 1.82) is 0 Å². The van der Waals surface area contributed by atoms with Crippen molar-refractivity contribution in [2.24, 2.45) is 16.7 Å².